The maximum absolute atomic E-state index is 12.8. The molecule has 5 rings (SSSR count). The van der Waals surface area contributed by atoms with E-state index >= 15 is 0 Å². The molecular formula is C29H30O8. The molecular weight excluding hydrogens is 476 g/mol. The highest BCUT2D eigenvalue weighted by Crippen LogP contribution is 2.39. The van der Waals surface area contributed by atoms with Gasteiger partial charge in [0, 0.05) is 5.56 Å². The number of esters is 1. The summed E-state index contributed by atoms with van der Waals surface area (Å²) in [6, 6.07) is 25.7. The Kier molecular flexibility index (Phi) is 7.66. The summed E-state index contributed by atoms with van der Waals surface area (Å²) in [6.07, 6.45) is -4.74. The Hall–Kier alpha value is -3.11. The smallest absolute Gasteiger partial charge is 0.338 e. The van der Waals surface area contributed by atoms with Gasteiger partial charge >= 0.3 is 5.97 Å². The fourth-order valence-corrected chi connectivity index (χ4v) is 4.58. The van der Waals surface area contributed by atoms with E-state index in [0.29, 0.717) is 11.1 Å². The summed E-state index contributed by atoms with van der Waals surface area (Å²) in [5.41, 5.74) is 0.937. The third-order valence-corrected chi connectivity index (χ3v) is 6.69. The number of hydrogen-bond donors (Lipinski definition) is 2. The van der Waals surface area contributed by atoms with Gasteiger partial charge in [-0.15, -0.1) is 0 Å². The van der Waals surface area contributed by atoms with E-state index in [4.69, 9.17) is 23.7 Å². The van der Waals surface area contributed by atoms with E-state index in [9.17, 15) is 15.0 Å². The van der Waals surface area contributed by atoms with Gasteiger partial charge in [0.05, 0.1) is 18.8 Å². The zero-order valence-corrected chi connectivity index (χ0v) is 20.4. The Labute approximate surface area is 215 Å². The molecule has 0 unspecified atom stereocenters. The standard InChI is InChI=1S/C29H30O8/c1-29(32)24(30)28(36-23-18-35-27(37-25(23)29)20-12-6-3-7-13-20)34-17-21-14-8-9-15-22(21)26(31)33-16-19-10-4-2-5-11-19/h2-15,23-25,27-28,30,32H,16-18H2,1H3/t23-,24-,25-,27-,28+,29-/m1/s1. The Morgan fingerprint density at radius 3 is 2.38 bits per heavy atom. The maximum atomic E-state index is 12.8. The maximum Gasteiger partial charge on any atom is 0.338 e. The number of aliphatic hydroxyl groups excluding tert-OH is 1. The van der Waals surface area contributed by atoms with Gasteiger partial charge < -0.3 is 33.9 Å². The van der Waals surface area contributed by atoms with Crippen molar-refractivity contribution in [3.05, 3.63) is 107 Å². The predicted molar refractivity (Wildman–Crippen MR) is 132 cm³/mol. The van der Waals surface area contributed by atoms with Crippen LogP contribution in [0.25, 0.3) is 0 Å². The molecule has 8 heteroatoms. The Bertz CT molecular complexity index is 1180. The molecule has 0 spiro atoms. The summed E-state index contributed by atoms with van der Waals surface area (Å²) >= 11 is 0. The number of hydrogen-bond acceptors (Lipinski definition) is 8. The van der Waals surface area contributed by atoms with Gasteiger partial charge in [-0.1, -0.05) is 78.9 Å². The highest BCUT2D eigenvalue weighted by atomic mass is 16.8. The minimum Gasteiger partial charge on any atom is -0.457 e. The van der Waals surface area contributed by atoms with Crippen LogP contribution in [0.3, 0.4) is 0 Å². The average Bonchev–Trinajstić information content (AvgIpc) is 2.94. The molecule has 0 amide bonds. The van der Waals surface area contributed by atoms with Gasteiger partial charge in [-0.05, 0) is 24.1 Å². The number of carbonyl (C=O) groups is 1. The highest BCUT2D eigenvalue weighted by Gasteiger charge is 2.56. The topological polar surface area (TPSA) is 104 Å². The number of aliphatic hydroxyl groups is 2. The fourth-order valence-electron chi connectivity index (χ4n) is 4.58. The average molecular weight is 507 g/mol. The van der Waals surface area contributed by atoms with Crippen LogP contribution in [-0.2, 0) is 36.9 Å². The SMILES string of the molecule is C[C@@]1(O)[C@H](O)[C@@H](OCc2ccccc2C(=O)OCc2ccccc2)O[C@@H]2CO[C@@H](c3ccccc3)O[C@H]21. The zero-order chi connectivity index (χ0) is 25.8. The van der Waals surface area contributed by atoms with Gasteiger partial charge in [-0.25, -0.2) is 4.79 Å². The van der Waals surface area contributed by atoms with Crippen LogP contribution in [0.2, 0.25) is 0 Å². The number of ether oxygens (including phenoxy) is 5. The lowest BCUT2D eigenvalue weighted by Crippen LogP contribution is -2.68. The molecule has 2 heterocycles. The monoisotopic (exact) mass is 506 g/mol. The van der Waals surface area contributed by atoms with Crippen LogP contribution in [0.15, 0.2) is 84.9 Å². The molecule has 2 fully saturated rings. The Morgan fingerprint density at radius 1 is 0.946 bits per heavy atom. The predicted octanol–water partition coefficient (Wildman–Crippen LogP) is 3.51. The van der Waals surface area contributed by atoms with Gasteiger partial charge in [-0.3, -0.25) is 0 Å². The molecule has 2 N–H and O–H groups in total. The number of fused-ring (bicyclic) bond motifs is 1. The summed E-state index contributed by atoms with van der Waals surface area (Å²) in [6.45, 7) is 1.75. The van der Waals surface area contributed by atoms with Crippen LogP contribution in [0.4, 0.5) is 0 Å². The molecule has 2 aliphatic heterocycles. The van der Waals surface area contributed by atoms with Gasteiger partial charge in [0.1, 0.15) is 30.5 Å². The van der Waals surface area contributed by atoms with Crippen LogP contribution in [0, 0.1) is 0 Å². The van der Waals surface area contributed by atoms with Gasteiger partial charge in [0.2, 0.25) is 0 Å². The minimum atomic E-state index is -1.67. The minimum absolute atomic E-state index is 0.0415. The lowest BCUT2D eigenvalue weighted by atomic mass is 9.85. The van der Waals surface area contributed by atoms with Gasteiger partial charge in [0.15, 0.2) is 12.6 Å². The molecule has 194 valence electrons. The molecule has 2 saturated heterocycles. The van der Waals surface area contributed by atoms with Crippen LogP contribution >= 0.6 is 0 Å². The van der Waals surface area contributed by atoms with E-state index in [2.05, 4.69) is 0 Å². The van der Waals surface area contributed by atoms with Crippen molar-refractivity contribution in [2.75, 3.05) is 6.61 Å². The molecule has 8 nitrogen and oxygen atoms in total. The quantitative estimate of drug-likeness (QED) is 0.470. The number of rotatable bonds is 7. The lowest BCUT2D eigenvalue weighted by molar-refractivity contribution is -0.384. The first kappa shape index (κ1) is 25.5. The highest BCUT2D eigenvalue weighted by molar-refractivity contribution is 5.91. The van der Waals surface area contributed by atoms with Crippen molar-refractivity contribution in [3.63, 3.8) is 0 Å². The second kappa shape index (κ2) is 11.1. The summed E-state index contributed by atoms with van der Waals surface area (Å²) < 4.78 is 29.1. The van der Waals surface area contributed by atoms with Crippen molar-refractivity contribution in [2.45, 2.75) is 56.6 Å². The first-order valence-corrected chi connectivity index (χ1v) is 12.2. The second-order valence-electron chi connectivity index (χ2n) is 9.38. The second-order valence-corrected chi connectivity index (χ2v) is 9.38. The van der Waals surface area contributed by atoms with E-state index in [-0.39, 0.29) is 19.8 Å². The molecule has 0 saturated carbocycles. The van der Waals surface area contributed by atoms with Crippen molar-refractivity contribution in [3.8, 4) is 0 Å². The van der Waals surface area contributed by atoms with Gasteiger partial charge in [0.25, 0.3) is 0 Å². The summed E-state index contributed by atoms with van der Waals surface area (Å²) in [4.78, 5) is 12.8. The summed E-state index contributed by atoms with van der Waals surface area (Å²) in [7, 11) is 0. The van der Waals surface area contributed by atoms with Crippen LogP contribution in [0.1, 0.15) is 40.3 Å². The Morgan fingerprint density at radius 2 is 1.62 bits per heavy atom. The van der Waals surface area contributed by atoms with Crippen molar-refractivity contribution in [2.24, 2.45) is 0 Å². The normalized spacial score (nSPS) is 29.3. The van der Waals surface area contributed by atoms with Crippen molar-refractivity contribution < 1.29 is 38.7 Å². The lowest BCUT2D eigenvalue weighted by Gasteiger charge is -2.51. The third-order valence-electron chi connectivity index (χ3n) is 6.69. The van der Waals surface area contributed by atoms with E-state index in [1.54, 1.807) is 24.3 Å². The summed E-state index contributed by atoms with van der Waals surface area (Å²) in [5.74, 6) is -0.485. The molecule has 3 aromatic rings. The largest absolute Gasteiger partial charge is 0.457 e. The van der Waals surface area contributed by atoms with Crippen LogP contribution in [-0.4, -0.2) is 53.0 Å². The molecule has 37 heavy (non-hydrogen) atoms. The zero-order valence-electron chi connectivity index (χ0n) is 20.4. The summed E-state index contributed by atoms with van der Waals surface area (Å²) in [5, 5.41) is 22.2. The molecule has 0 aromatic heterocycles. The van der Waals surface area contributed by atoms with Crippen molar-refractivity contribution in [1.29, 1.82) is 0 Å². The molecule has 2 aliphatic rings. The first-order chi connectivity index (χ1) is 17.9. The number of benzene rings is 3. The molecule has 0 bridgehead atoms. The molecule has 6 atom stereocenters. The Balaban J connectivity index is 1.23. The van der Waals surface area contributed by atoms with Crippen LogP contribution < -0.4 is 0 Å². The number of carbonyl (C=O) groups excluding carboxylic acids is 1. The van der Waals surface area contributed by atoms with Crippen molar-refractivity contribution in [1.82, 2.24) is 0 Å². The molecule has 0 aliphatic carbocycles. The van der Waals surface area contributed by atoms with Gasteiger partial charge in [-0.2, -0.15) is 0 Å². The fraction of sp³-hybridized carbons (Fsp3) is 0.345. The van der Waals surface area contributed by atoms with Crippen LogP contribution in [0.5, 0.6) is 0 Å². The van der Waals surface area contributed by atoms with E-state index in [0.717, 1.165) is 11.1 Å². The van der Waals surface area contributed by atoms with E-state index in [1.807, 2.05) is 60.7 Å². The third kappa shape index (κ3) is 5.60. The first-order valence-electron chi connectivity index (χ1n) is 12.2. The van der Waals surface area contributed by atoms with Crippen molar-refractivity contribution >= 4 is 5.97 Å². The molecule has 0 radical (unpaired) electrons. The van der Waals surface area contributed by atoms with E-state index in [1.165, 1.54) is 6.92 Å². The van der Waals surface area contributed by atoms with E-state index < -0.39 is 42.5 Å². The molecule has 3 aromatic carbocycles.